The molecule has 0 saturated carbocycles. The molecule has 1 aliphatic carbocycles. The van der Waals surface area contributed by atoms with Crippen molar-refractivity contribution in [3.05, 3.63) is 47.5 Å². The minimum Gasteiger partial charge on any atom is -0.307 e. The van der Waals surface area contributed by atoms with Crippen molar-refractivity contribution in [2.75, 3.05) is 6.54 Å². The highest BCUT2D eigenvalue weighted by Gasteiger charge is 2.20. The number of rotatable bonds is 4. The Bertz CT molecular complexity index is 547. The molecule has 0 bridgehead atoms. The van der Waals surface area contributed by atoms with Crippen molar-refractivity contribution in [3.63, 3.8) is 0 Å². The number of nitrogens with zero attached hydrogens (tertiary/aromatic N) is 3. The van der Waals surface area contributed by atoms with E-state index in [0.29, 0.717) is 6.04 Å². The van der Waals surface area contributed by atoms with Crippen LogP contribution in [0, 0.1) is 6.92 Å². The molecular formula is C15H20N4. The number of aryl methyl sites for hydroxylation is 2. The summed E-state index contributed by atoms with van der Waals surface area (Å²) >= 11 is 0. The Morgan fingerprint density at radius 1 is 1.47 bits per heavy atom. The van der Waals surface area contributed by atoms with Crippen molar-refractivity contribution < 1.29 is 0 Å². The van der Waals surface area contributed by atoms with Gasteiger partial charge in [0, 0.05) is 25.0 Å². The molecule has 0 saturated heterocycles. The molecule has 4 heteroatoms. The summed E-state index contributed by atoms with van der Waals surface area (Å²) in [6.07, 6.45) is 9.47. The van der Waals surface area contributed by atoms with Gasteiger partial charge in [0.1, 0.15) is 0 Å². The summed E-state index contributed by atoms with van der Waals surface area (Å²) in [6, 6.07) is 4.64. The SMILES string of the molecule is Cc1cnn(CCNC2CCCc3cccnc32)c1. The number of fused-ring (bicyclic) bond motifs is 1. The van der Waals surface area contributed by atoms with Crippen LogP contribution in [-0.2, 0) is 13.0 Å². The van der Waals surface area contributed by atoms with Gasteiger partial charge in [-0.25, -0.2) is 0 Å². The fraction of sp³-hybridized carbons (Fsp3) is 0.467. The molecule has 4 nitrogen and oxygen atoms in total. The van der Waals surface area contributed by atoms with E-state index in [1.165, 1.54) is 36.1 Å². The van der Waals surface area contributed by atoms with Crippen molar-refractivity contribution in [2.24, 2.45) is 0 Å². The molecule has 19 heavy (non-hydrogen) atoms. The monoisotopic (exact) mass is 256 g/mol. The first-order chi connectivity index (χ1) is 9.33. The molecule has 0 aromatic carbocycles. The predicted octanol–water partition coefficient (Wildman–Crippen LogP) is 2.25. The maximum atomic E-state index is 4.55. The normalized spacial score (nSPS) is 18.3. The topological polar surface area (TPSA) is 42.7 Å². The maximum Gasteiger partial charge on any atom is 0.0605 e. The lowest BCUT2D eigenvalue weighted by atomic mass is 9.92. The first kappa shape index (κ1) is 12.4. The lowest BCUT2D eigenvalue weighted by Gasteiger charge is -2.25. The van der Waals surface area contributed by atoms with Crippen molar-refractivity contribution in [3.8, 4) is 0 Å². The van der Waals surface area contributed by atoms with Gasteiger partial charge in [0.25, 0.3) is 0 Å². The zero-order valence-corrected chi connectivity index (χ0v) is 11.3. The van der Waals surface area contributed by atoms with E-state index in [1.807, 2.05) is 23.1 Å². The molecule has 1 unspecified atom stereocenters. The van der Waals surface area contributed by atoms with Crippen LogP contribution in [0.1, 0.15) is 35.7 Å². The standard InChI is InChI=1S/C15H20N4/c1-12-10-18-19(11-12)9-8-16-14-6-2-4-13-5-3-7-17-15(13)14/h3,5,7,10-11,14,16H,2,4,6,8-9H2,1H3. The first-order valence-electron chi connectivity index (χ1n) is 6.99. The molecule has 2 aromatic heterocycles. The summed E-state index contributed by atoms with van der Waals surface area (Å²) in [6.45, 7) is 3.91. The van der Waals surface area contributed by atoms with Crippen molar-refractivity contribution in [1.82, 2.24) is 20.1 Å². The Hall–Kier alpha value is -1.68. The van der Waals surface area contributed by atoms with Crippen LogP contribution >= 0.6 is 0 Å². The van der Waals surface area contributed by atoms with Gasteiger partial charge in [0.15, 0.2) is 0 Å². The van der Waals surface area contributed by atoms with E-state index in [2.05, 4.69) is 34.6 Å². The summed E-state index contributed by atoms with van der Waals surface area (Å²) < 4.78 is 1.99. The van der Waals surface area contributed by atoms with Gasteiger partial charge in [-0.3, -0.25) is 9.67 Å². The predicted molar refractivity (Wildman–Crippen MR) is 74.9 cm³/mol. The van der Waals surface area contributed by atoms with Gasteiger partial charge in [0.2, 0.25) is 0 Å². The van der Waals surface area contributed by atoms with Crippen molar-refractivity contribution in [2.45, 2.75) is 38.8 Å². The maximum absolute atomic E-state index is 4.55. The second-order valence-electron chi connectivity index (χ2n) is 5.23. The number of aromatic nitrogens is 3. The molecule has 1 aliphatic rings. The Morgan fingerprint density at radius 2 is 2.42 bits per heavy atom. The molecule has 0 aliphatic heterocycles. The van der Waals surface area contributed by atoms with Gasteiger partial charge in [0.05, 0.1) is 18.4 Å². The van der Waals surface area contributed by atoms with Crippen LogP contribution in [0.3, 0.4) is 0 Å². The van der Waals surface area contributed by atoms with Crippen LogP contribution < -0.4 is 5.32 Å². The van der Waals surface area contributed by atoms with Gasteiger partial charge in [-0.2, -0.15) is 5.10 Å². The van der Waals surface area contributed by atoms with E-state index in [9.17, 15) is 0 Å². The molecule has 0 radical (unpaired) electrons. The molecule has 0 spiro atoms. The van der Waals surface area contributed by atoms with Crippen LogP contribution in [-0.4, -0.2) is 21.3 Å². The van der Waals surface area contributed by atoms with Crippen LogP contribution in [0.15, 0.2) is 30.7 Å². The minimum absolute atomic E-state index is 0.404. The van der Waals surface area contributed by atoms with Gasteiger partial charge in [-0.15, -0.1) is 0 Å². The molecule has 3 rings (SSSR count). The second kappa shape index (κ2) is 5.53. The summed E-state index contributed by atoms with van der Waals surface area (Å²) in [7, 11) is 0. The highest BCUT2D eigenvalue weighted by atomic mass is 15.3. The smallest absolute Gasteiger partial charge is 0.0605 e. The lowest BCUT2D eigenvalue weighted by Crippen LogP contribution is -2.29. The lowest BCUT2D eigenvalue weighted by molar-refractivity contribution is 0.428. The Balaban J connectivity index is 1.59. The summed E-state index contributed by atoms with van der Waals surface area (Å²) in [4.78, 5) is 4.55. The third-order valence-corrected chi connectivity index (χ3v) is 3.69. The minimum atomic E-state index is 0.404. The third kappa shape index (κ3) is 2.84. The molecule has 100 valence electrons. The van der Waals surface area contributed by atoms with Crippen LogP contribution in [0.25, 0.3) is 0 Å². The van der Waals surface area contributed by atoms with Gasteiger partial charge < -0.3 is 5.32 Å². The molecule has 2 aromatic rings. The van der Waals surface area contributed by atoms with Crippen LogP contribution in [0.2, 0.25) is 0 Å². The highest BCUT2D eigenvalue weighted by Crippen LogP contribution is 2.27. The number of hydrogen-bond donors (Lipinski definition) is 1. The number of pyridine rings is 1. The molecule has 0 fully saturated rings. The number of nitrogens with one attached hydrogen (secondary N) is 1. The fourth-order valence-electron chi connectivity index (χ4n) is 2.75. The van der Waals surface area contributed by atoms with E-state index >= 15 is 0 Å². The Kier molecular flexibility index (Phi) is 3.60. The third-order valence-electron chi connectivity index (χ3n) is 3.69. The quantitative estimate of drug-likeness (QED) is 0.912. The van der Waals surface area contributed by atoms with E-state index in [4.69, 9.17) is 0 Å². The average Bonchev–Trinajstić information content (AvgIpc) is 2.85. The molecule has 1 atom stereocenters. The van der Waals surface area contributed by atoms with Crippen LogP contribution in [0.4, 0.5) is 0 Å². The van der Waals surface area contributed by atoms with Gasteiger partial charge >= 0.3 is 0 Å². The largest absolute Gasteiger partial charge is 0.307 e. The zero-order valence-electron chi connectivity index (χ0n) is 11.3. The summed E-state index contributed by atoms with van der Waals surface area (Å²) in [5, 5.41) is 7.92. The van der Waals surface area contributed by atoms with E-state index in [1.54, 1.807) is 0 Å². The number of hydrogen-bond acceptors (Lipinski definition) is 3. The zero-order chi connectivity index (χ0) is 13.1. The van der Waals surface area contributed by atoms with Gasteiger partial charge in [-0.05, 0) is 43.4 Å². The molecular weight excluding hydrogens is 236 g/mol. The second-order valence-corrected chi connectivity index (χ2v) is 5.23. The molecule has 0 amide bonds. The van der Waals surface area contributed by atoms with E-state index < -0.39 is 0 Å². The average molecular weight is 256 g/mol. The van der Waals surface area contributed by atoms with Crippen molar-refractivity contribution in [1.29, 1.82) is 0 Å². The van der Waals surface area contributed by atoms with Crippen molar-refractivity contribution >= 4 is 0 Å². The first-order valence-corrected chi connectivity index (χ1v) is 6.99. The highest BCUT2D eigenvalue weighted by molar-refractivity contribution is 5.25. The van der Waals surface area contributed by atoms with E-state index in [0.717, 1.165) is 13.1 Å². The Labute approximate surface area is 113 Å². The van der Waals surface area contributed by atoms with Crippen LogP contribution in [0.5, 0.6) is 0 Å². The van der Waals surface area contributed by atoms with Gasteiger partial charge in [-0.1, -0.05) is 6.07 Å². The summed E-state index contributed by atoms with van der Waals surface area (Å²) in [5.41, 5.74) is 3.86. The summed E-state index contributed by atoms with van der Waals surface area (Å²) in [5.74, 6) is 0. The molecule has 1 N–H and O–H groups in total. The van der Waals surface area contributed by atoms with E-state index in [-0.39, 0.29) is 0 Å². The Morgan fingerprint density at radius 3 is 3.26 bits per heavy atom. The molecule has 2 heterocycles. The fourth-order valence-corrected chi connectivity index (χ4v) is 2.75.